The fraction of sp³-hybridized carbons (Fsp3) is 0.867. The van der Waals surface area contributed by atoms with Gasteiger partial charge in [-0.1, -0.05) is 18.6 Å². The van der Waals surface area contributed by atoms with Gasteiger partial charge in [0, 0.05) is 0 Å². The largest absolute Gasteiger partial charge is 0.393 e. The monoisotopic (exact) mass is 238 g/mol. The molecule has 2 rings (SSSR count). The number of aliphatic hydroxyl groups excluding tert-OH is 1. The molecule has 0 aliphatic heterocycles. The molecular weight excluding hydrogens is 212 g/mol. The first kappa shape index (κ1) is 13.1. The maximum absolute atomic E-state index is 10.3. The highest BCUT2D eigenvalue weighted by molar-refractivity contribution is 5.18. The summed E-state index contributed by atoms with van der Waals surface area (Å²) in [6.45, 7) is 6.55. The van der Waals surface area contributed by atoms with E-state index in [-0.39, 0.29) is 6.61 Å². The molecule has 0 radical (unpaired) electrons. The van der Waals surface area contributed by atoms with Gasteiger partial charge in [-0.2, -0.15) is 0 Å². The average molecular weight is 238 g/mol. The van der Waals surface area contributed by atoms with Gasteiger partial charge in [-0.25, -0.2) is 0 Å². The highest BCUT2D eigenvalue weighted by atomic mass is 16.3. The summed E-state index contributed by atoms with van der Waals surface area (Å²) in [4.78, 5) is 0. The predicted octanol–water partition coefficient (Wildman–Crippen LogP) is 2.89. The van der Waals surface area contributed by atoms with Crippen LogP contribution in [0.3, 0.4) is 0 Å². The SMILES string of the molecule is CC(C)=CCC[C@@H](C)[C@@]12CC[C@@](O)(CO)[C@@H]1C2. The van der Waals surface area contributed by atoms with Crippen LogP contribution in [0.5, 0.6) is 0 Å². The number of hydrogen-bond acceptors (Lipinski definition) is 2. The molecule has 2 heteroatoms. The van der Waals surface area contributed by atoms with Crippen LogP contribution in [0.2, 0.25) is 0 Å². The molecule has 2 aliphatic carbocycles. The third-order valence-electron chi connectivity index (χ3n) is 5.20. The van der Waals surface area contributed by atoms with E-state index in [1.165, 1.54) is 12.0 Å². The molecule has 2 fully saturated rings. The van der Waals surface area contributed by atoms with Gasteiger partial charge in [0.1, 0.15) is 0 Å². The van der Waals surface area contributed by atoms with Gasteiger partial charge in [-0.15, -0.1) is 0 Å². The second-order valence-electron chi connectivity index (χ2n) is 6.51. The van der Waals surface area contributed by atoms with Crippen LogP contribution in [-0.2, 0) is 0 Å². The van der Waals surface area contributed by atoms with Crippen molar-refractivity contribution in [3.05, 3.63) is 11.6 Å². The molecule has 0 heterocycles. The topological polar surface area (TPSA) is 40.5 Å². The lowest BCUT2D eigenvalue weighted by atomic mass is 9.84. The Morgan fingerprint density at radius 2 is 2.12 bits per heavy atom. The first-order valence-corrected chi connectivity index (χ1v) is 6.91. The summed E-state index contributed by atoms with van der Waals surface area (Å²) in [7, 11) is 0. The van der Waals surface area contributed by atoms with Gasteiger partial charge in [-0.05, 0) is 63.2 Å². The maximum atomic E-state index is 10.3. The smallest absolute Gasteiger partial charge is 0.0911 e. The number of aliphatic hydroxyl groups is 2. The quantitative estimate of drug-likeness (QED) is 0.723. The van der Waals surface area contributed by atoms with Gasteiger partial charge >= 0.3 is 0 Å². The fourth-order valence-electron chi connectivity index (χ4n) is 3.84. The van der Waals surface area contributed by atoms with E-state index >= 15 is 0 Å². The van der Waals surface area contributed by atoms with E-state index < -0.39 is 5.60 Å². The van der Waals surface area contributed by atoms with E-state index in [4.69, 9.17) is 0 Å². The van der Waals surface area contributed by atoms with Crippen LogP contribution in [0, 0.1) is 17.3 Å². The van der Waals surface area contributed by atoms with Gasteiger partial charge in [0.25, 0.3) is 0 Å². The Hall–Kier alpha value is -0.340. The molecule has 0 unspecified atom stereocenters. The molecule has 0 saturated heterocycles. The number of hydrogen-bond donors (Lipinski definition) is 2. The summed E-state index contributed by atoms with van der Waals surface area (Å²) < 4.78 is 0. The van der Waals surface area contributed by atoms with E-state index in [1.807, 2.05) is 0 Å². The van der Waals surface area contributed by atoms with E-state index in [2.05, 4.69) is 26.8 Å². The van der Waals surface area contributed by atoms with Gasteiger partial charge in [-0.3, -0.25) is 0 Å². The maximum Gasteiger partial charge on any atom is 0.0911 e. The van der Waals surface area contributed by atoms with Gasteiger partial charge < -0.3 is 10.2 Å². The van der Waals surface area contributed by atoms with Crippen molar-refractivity contribution in [2.75, 3.05) is 6.61 Å². The van der Waals surface area contributed by atoms with Gasteiger partial charge in [0.2, 0.25) is 0 Å². The molecule has 2 nitrogen and oxygen atoms in total. The molecule has 2 N–H and O–H groups in total. The first-order valence-electron chi connectivity index (χ1n) is 6.91. The Morgan fingerprint density at radius 1 is 1.41 bits per heavy atom. The highest BCUT2D eigenvalue weighted by Gasteiger charge is 2.69. The van der Waals surface area contributed by atoms with Crippen LogP contribution in [-0.4, -0.2) is 22.4 Å². The lowest BCUT2D eigenvalue weighted by Crippen LogP contribution is -2.33. The lowest BCUT2D eigenvalue weighted by Gasteiger charge is -2.21. The van der Waals surface area contributed by atoms with Crippen molar-refractivity contribution in [1.29, 1.82) is 0 Å². The van der Waals surface area contributed by atoms with E-state index in [0.29, 0.717) is 17.3 Å². The number of fused-ring (bicyclic) bond motifs is 1. The molecule has 0 aromatic rings. The van der Waals surface area contributed by atoms with Crippen LogP contribution in [0.4, 0.5) is 0 Å². The molecule has 0 aromatic heterocycles. The fourth-order valence-corrected chi connectivity index (χ4v) is 3.84. The molecule has 0 spiro atoms. The van der Waals surface area contributed by atoms with E-state index in [1.54, 1.807) is 0 Å². The predicted molar refractivity (Wildman–Crippen MR) is 69.6 cm³/mol. The zero-order valence-electron chi connectivity index (χ0n) is 11.4. The normalized spacial score (nSPS) is 40.9. The Kier molecular flexibility index (Phi) is 3.39. The van der Waals surface area contributed by atoms with Crippen molar-refractivity contribution < 1.29 is 10.2 Å². The van der Waals surface area contributed by atoms with Crippen molar-refractivity contribution in [3.63, 3.8) is 0 Å². The zero-order chi connectivity index (χ0) is 12.7. The lowest BCUT2D eigenvalue weighted by molar-refractivity contribution is -0.0282. The van der Waals surface area contributed by atoms with E-state index in [9.17, 15) is 10.2 Å². The summed E-state index contributed by atoms with van der Waals surface area (Å²) >= 11 is 0. The summed E-state index contributed by atoms with van der Waals surface area (Å²) in [6, 6.07) is 0. The summed E-state index contributed by atoms with van der Waals surface area (Å²) in [5, 5.41) is 19.6. The minimum absolute atomic E-state index is 0.0554. The minimum atomic E-state index is -0.759. The Labute approximate surface area is 105 Å². The average Bonchev–Trinajstić information content (AvgIpc) is 2.96. The van der Waals surface area contributed by atoms with Crippen LogP contribution in [0.1, 0.15) is 52.9 Å². The van der Waals surface area contributed by atoms with Crippen LogP contribution < -0.4 is 0 Å². The summed E-state index contributed by atoms with van der Waals surface area (Å²) in [6.07, 6.45) is 7.68. The van der Waals surface area contributed by atoms with Crippen LogP contribution >= 0.6 is 0 Å². The first-order chi connectivity index (χ1) is 7.94. The molecule has 0 bridgehead atoms. The van der Waals surface area contributed by atoms with Crippen molar-refractivity contribution in [3.8, 4) is 0 Å². The molecule has 4 atom stereocenters. The molecular formula is C15H26O2. The number of allylic oxidation sites excluding steroid dienone is 2. The minimum Gasteiger partial charge on any atom is -0.393 e. The highest BCUT2D eigenvalue weighted by Crippen LogP contribution is 2.71. The Balaban J connectivity index is 1.91. The van der Waals surface area contributed by atoms with Gasteiger partial charge in [0.05, 0.1) is 12.2 Å². The third-order valence-corrected chi connectivity index (χ3v) is 5.20. The van der Waals surface area contributed by atoms with E-state index in [0.717, 1.165) is 25.7 Å². The Morgan fingerprint density at radius 3 is 2.59 bits per heavy atom. The van der Waals surface area contributed by atoms with Crippen LogP contribution in [0.25, 0.3) is 0 Å². The molecule has 0 amide bonds. The molecule has 98 valence electrons. The molecule has 2 aliphatic rings. The van der Waals surface area contributed by atoms with Crippen molar-refractivity contribution >= 4 is 0 Å². The molecule has 2 saturated carbocycles. The third kappa shape index (κ3) is 2.17. The zero-order valence-corrected chi connectivity index (χ0v) is 11.4. The van der Waals surface area contributed by atoms with Crippen LogP contribution in [0.15, 0.2) is 11.6 Å². The van der Waals surface area contributed by atoms with Crippen molar-refractivity contribution in [2.24, 2.45) is 17.3 Å². The summed E-state index contributed by atoms with van der Waals surface area (Å²) in [5.41, 5.74) is 0.984. The standard InChI is InChI=1S/C15H26O2/c1-11(2)5-4-6-12(3)14-7-8-15(17,10-16)13(14)9-14/h5,12-13,16-17H,4,6-10H2,1-3H3/t12-,13-,14+,15-/m1/s1. The number of rotatable bonds is 5. The summed E-state index contributed by atoms with van der Waals surface area (Å²) in [5.74, 6) is 1.03. The van der Waals surface area contributed by atoms with Gasteiger partial charge in [0.15, 0.2) is 0 Å². The van der Waals surface area contributed by atoms with Crippen molar-refractivity contribution in [2.45, 2.75) is 58.5 Å². The second-order valence-corrected chi connectivity index (χ2v) is 6.51. The molecule has 0 aromatic carbocycles. The Bertz CT molecular complexity index is 319. The van der Waals surface area contributed by atoms with Crippen molar-refractivity contribution in [1.82, 2.24) is 0 Å². The second kappa shape index (κ2) is 4.40. The molecule has 17 heavy (non-hydrogen) atoms.